The van der Waals surface area contributed by atoms with E-state index in [0.29, 0.717) is 27.8 Å². The molecule has 0 saturated carbocycles. The summed E-state index contributed by atoms with van der Waals surface area (Å²) < 4.78 is 1.70. The summed E-state index contributed by atoms with van der Waals surface area (Å²) in [7, 11) is 1.79. The molecule has 0 aliphatic rings. The summed E-state index contributed by atoms with van der Waals surface area (Å²) in [6.07, 6.45) is 3.35. The first-order valence-corrected chi connectivity index (χ1v) is 11.8. The van der Waals surface area contributed by atoms with E-state index in [1.54, 1.807) is 30.1 Å². The number of thioether (sulfide) groups is 1. The number of amides is 1. The molecule has 0 bridgehead atoms. The monoisotopic (exact) mass is 458 g/mol. The number of nitrogens with one attached hydrogen (secondary N) is 1. The van der Waals surface area contributed by atoms with Gasteiger partial charge in [-0.1, -0.05) is 62.0 Å². The molecular formula is C26H26N4O2S. The number of ketones is 1. The number of fused-ring (bicyclic) bond motifs is 1. The second-order valence-electron chi connectivity index (χ2n) is 8.25. The maximum Gasteiger partial charge on any atom is 0.234 e. The smallest absolute Gasteiger partial charge is 0.234 e. The SMILES string of the molecule is Cc1cccc(C(C)C)c1NC(=O)CSc1cc(C(=O)c2nccn2C)c2ccccc2n1. The number of hydrogen-bond acceptors (Lipinski definition) is 5. The third kappa shape index (κ3) is 4.83. The number of rotatable bonds is 7. The number of carbonyl (C=O) groups excluding carboxylic acids is 2. The summed E-state index contributed by atoms with van der Waals surface area (Å²) in [6, 6.07) is 15.3. The van der Waals surface area contributed by atoms with E-state index >= 15 is 0 Å². The topological polar surface area (TPSA) is 76.9 Å². The zero-order valence-electron chi connectivity index (χ0n) is 19.1. The van der Waals surface area contributed by atoms with Gasteiger partial charge in [-0.3, -0.25) is 9.59 Å². The number of nitrogens with zero attached hydrogens (tertiary/aromatic N) is 3. The Hall–Kier alpha value is -3.45. The van der Waals surface area contributed by atoms with Crippen molar-refractivity contribution < 1.29 is 9.59 Å². The minimum Gasteiger partial charge on any atom is -0.331 e. The van der Waals surface area contributed by atoms with Crippen LogP contribution in [0.1, 0.15) is 47.1 Å². The van der Waals surface area contributed by atoms with Crippen molar-refractivity contribution >= 4 is 40.0 Å². The van der Waals surface area contributed by atoms with Gasteiger partial charge in [0.25, 0.3) is 0 Å². The lowest BCUT2D eigenvalue weighted by atomic mass is 9.98. The highest BCUT2D eigenvalue weighted by atomic mass is 32.2. The Bertz CT molecular complexity index is 1340. The van der Waals surface area contributed by atoms with Gasteiger partial charge in [-0.2, -0.15) is 0 Å². The van der Waals surface area contributed by atoms with Crippen molar-refractivity contribution in [3.63, 3.8) is 0 Å². The first-order chi connectivity index (χ1) is 15.8. The number of hydrogen-bond donors (Lipinski definition) is 1. The van der Waals surface area contributed by atoms with E-state index in [0.717, 1.165) is 22.2 Å². The summed E-state index contributed by atoms with van der Waals surface area (Å²) in [6.45, 7) is 6.21. The predicted octanol–water partition coefficient (Wildman–Crippen LogP) is 5.36. The summed E-state index contributed by atoms with van der Waals surface area (Å²) in [5, 5.41) is 4.45. The Kier molecular flexibility index (Phi) is 6.60. The quantitative estimate of drug-likeness (QED) is 0.298. The largest absolute Gasteiger partial charge is 0.331 e. The van der Waals surface area contributed by atoms with Crippen molar-refractivity contribution in [3.8, 4) is 0 Å². The lowest BCUT2D eigenvalue weighted by molar-refractivity contribution is -0.113. The maximum atomic E-state index is 13.2. The summed E-state index contributed by atoms with van der Waals surface area (Å²) in [4.78, 5) is 34.9. The van der Waals surface area contributed by atoms with Crippen LogP contribution in [-0.4, -0.2) is 32.0 Å². The molecule has 0 saturated heterocycles. The number of pyridine rings is 1. The van der Waals surface area contributed by atoms with Crippen molar-refractivity contribution in [3.05, 3.63) is 83.4 Å². The molecule has 0 aliphatic heterocycles. The maximum absolute atomic E-state index is 13.2. The molecule has 6 nitrogen and oxygen atoms in total. The molecule has 0 radical (unpaired) electrons. The molecule has 0 spiro atoms. The van der Waals surface area contributed by atoms with Crippen LogP contribution in [-0.2, 0) is 11.8 Å². The van der Waals surface area contributed by atoms with Crippen LogP contribution in [0.25, 0.3) is 10.9 Å². The average Bonchev–Trinajstić information content (AvgIpc) is 3.23. The minimum atomic E-state index is -0.172. The lowest BCUT2D eigenvalue weighted by Gasteiger charge is -2.16. The lowest BCUT2D eigenvalue weighted by Crippen LogP contribution is -2.17. The first kappa shape index (κ1) is 22.7. The molecule has 2 heterocycles. The van der Waals surface area contributed by atoms with Gasteiger partial charge in [0.2, 0.25) is 11.7 Å². The van der Waals surface area contributed by atoms with Crippen molar-refractivity contribution in [1.29, 1.82) is 0 Å². The van der Waals surface area contributed by atoms with Gasteiger partial charge in [0, 0.05) is 36.1 Å². The zero-order valence-corrected chi connectivity index (χ0v) is 19.9. The molecule has 1 N–H and O–H groups in total. The van der Waals surface area contributed by atoms with E-state index < -0.39 is 0 Å². The highest BCUT2D eigenvalue weighted by molar-refractivity contribution is 7.99. The Morgan fingerprint density at radius 3 is 2.64 bits per heavy atom. The molecule has 0 aliphatic carbocycles. The molecule has 7 heteroatoms. The first-order valence-electron chi connectivity index (χ1n) is 10.8. The molecule has 4 aromatic rings. The number of aryl methyl sites for hydroxylation is 2. The van der Waals surface area contributed by atoms with E-state index in [1.165, 1.54) is 11.8 Å². The minimum absolute atomic E-state index is 0.108. The van der Waals surface area contributed by atoms with Gasteiger partial charge in [0.05, 0.1) is 16.3 Å². The van der Waals surface area contributed by atoms with Crippen LogP contribution in [0.5, 0.6) is 0 Å². The normalized spacial score (nSPS) is 11.2. The molecule has 0 unspecified atom stereocenters. The van der Waals surface area contributed by atoms with E-state index in [2.05, 4.69) is 29.1 Å². The molecule has 4 rings (SSSR count). The van der Waals surface area contributed by atoms with Gasteiger partial charge in [0.1, 0.15) is 0 Å². The summed E-state index contributed by atoms with van der Waals surface area (Å²) >= 11 is 1.31. The predicted molar refractivity (Wildman–Crippen MR) is 133 cm³/mol. The average molecular weight is 459 g/mol. The fourth-order valence-electron chi connectivity index (χ4n) is 3.78. The Labute approximate surface area is 197 Å². The Balaban J connectivity index is 1.58. The van der Waals surface area contributed by atoms with E-state index in [4.69, 9.17) is 0 Å². The third-order valence-electron chi connectivity index (χ3n) is 5.50. The molecule has 168 valence electrons. The number of para-hydroxylation sites is 2. The van der Waals surface area contributed by atoms with Crippen LogP contribution in [0.3, 0.4) is 0 Å². The van der Waals surface area contributed by atoms with E-state index in [9.17, 15) is 9.59 Å². The molecule has 0 fully saturated rings. The van der Waals surface area contributed by atoms with Gasteiger partial charge in [-0.15, -0.1) is 0 Å². The number of aromatic nitrogens is 3. The summed E-state index contributed by atoms with van der Waals surface area (Å²) in [5.41, 5.74) is 4.25. The number of carbonyl (C=O) groups is 2. The Morgan fingerprint density at radius 1 is 1.12 bits per heavy atom. The standard InChI is InChI=1S/C26H26N4O2S/c1-16(2)18-10-7-8-17(3)24(18)29-22(31)15-33-23-14-20(19-9-5-6-11-21(19)28-23)25(32)26-27-12-13-30(26)4/h5-14,16H,15H2,1-4H3,(H,29,31). The highest BCUT2D eigenvalue weighted by Gasteiger charge is 2.19. The van der Waals surface area contributed by atoms with E-state index in [1.807, 2.05) is 49.4 Å². The van der Waals surface area contributed by atoms with Crippen LogP contribution in [0.4, 0.5) is 5.69 Å². The highest BCUT2D eigenvalue weighted by Crippen LogP contribution is 2.29. The molecule has 33 heavy (non-hydrogen) atoms. The molecular weight excluding hydrogens is 432 g/mol. The van der Waals surface area contributed by atoms with Crippen LogP contribution < -0.4 is 5.32 Å². The van der Waals surface area contributed by atoms with E-state index in [-0.39, 0.29) is 17.4 Å². The molecule has 1 amide bonds. The van der Waals surface area contributed by atoms with Crippen LogP contribution in [0.15, 0.2) is 66.0 Å². The summed E-state index contributed by atoms with van der Waals surface area (Å²) in [5.74, 6) is 0.570. The molecule has 2 aromatic carbocycles. The van der Waals surface area contributed by atoms with Crippen molar-refractivity contribution in [2.24, 2.45) is 7.05 Å². The van der Waals surface area contributed by atoms with Gasteiger partial charge in [-0.05, 0) is 36.1 Å². The van der Waals surface area contributed by atoms with Crippen LogP contribution in [0, 0.1) is 6.92 Å². The number of imidazole rings is 1. The van der Waals surface area contributed by atoms with Gasteiger partial charge < -0.3 is 9.88 Å². The van der Waals surface area contributed by atoms with Crippen molar-refractivity contribution in [1.82, 2.24) is 14.5 Å². The van der Waals surface area contributed by atoms with Crippen molar-refractivity contribution in [2.75, 3.05) is 11.1 Å². The van der Waals surface area contributed by atoms with Crippen LogP contribution in [0.2, 0.25) is 0 Å². The van der Waals surface area contributed by atoms with Crippen LogP contribution >= 0.6 is 11.8 Å². The van der Waals surface area contributed by atoms with Gasteiger partial charge >= 0.3 is 0 Å². The molecule has 0 atom stereocenters. The van der Waals surface area contributed by atoms with Gasteiger partial charge in [-0.25, -0.2) is 9.97 Å². The van der Waals surface area contributed by atoms with Gasteiger partial charge in [0.15, 0.2) is 5.82 Å². The van der Waals surface area contributed by atoms with Crippen molar-refractivity contribution in [2.45, 2.75) is 31.7 Å². The third-order valence-corrected chi connectivity index (χ3v) is 6.42. The second-order valence-corrected chi connectivity index (χ2v) is 9.24. The fraction of sp³-hybridized carbons (Fsp3) is 0.231. The Morgan fingerprint density at radius 2 is 1.91 bits per heavy atom. The number of benzene rings is 2. The fourth-order valence-corrected chi connectivity index (χ4v) is 4.49. The second kappa shape index (κ2) is 9.58. The molecule has 2 aromatic heterocycles. The zero-order chi connectivity index (χ0) is 23.5. The number of anilines is 1.